The van der Waals surface area contributed by atoms with Gasteiger partial charge in [-0.3, -0.25) is 14.5 Å². The van der Waals surface area contributed by atoms with Crippen LogP contribution in [-0.4, -0.2) is 35.4 Å². The number of aliphatic hydroxyl groups excluding tert-OH is 1. The number of benzene rings is 3. The highest BCUT2D eigenvalue weighted by Gasteiger charge is 2.47. The molecule has 1 aliphatic rings. The summed E-state index contributed by atoms with van der Waals surface area (Å²) < 4.78 is 61.4. The number of aliphatic hydroxyl groups is 1. The van der Waals surface area contributed by atoms with Gasteiger partial charge in [-0.15, -0.1) is 13.2 Å². The minimum absolute atomic E-state index is 0.00475. The van der Waals surface area contributed by atoms with Crippen molar-refractivity contribution in [2.75, 3.05) is 12.0 Å². The van der Waals surface area contributed by atoms with Gasteiger partial charge in [-0.05, 0) is 48.0 Å². The number of anilines is 1. The monoisotopic (exact) mass is 503 g/mol. The minimum Gasteiger partial charge on any atom is -0.508 e. The lowest BCUT2D eigenvalue weighted by molar-refractivity contribution is -0.274. The highest BCUT2D eigenvalue weighted by Crippen LogP contribution is 2.44. The first-order valence-corrected chi connectivity index (χ1v) is 10.3. The summed E-state index contributed by atoms with van der Waals surface area (Å²) in [5.41, 5.74) is -0.585. The number of ether oxygens (including phenoxy) is 2. The molecule has 1 fully saturated rings. The number of methoxy groups -OCH3 is 1. The van der Waals surface area contributed by atoms with Crippen molar-refractivity contribution >= 4 is 23.1 Å². The molecule has 1 heterocycles. The Bertz CT molecular complexity index is 1370. The van der Waals surface area contributed by atoms with E-state index in [0.29, 0.717) is 0 Å². The second kappa shape index (κ2) is 9.25. The minimum atomic E-state index is -5.00. The molecule has 0 radical (unpaired) electrons. The van der Waals surface area contributed by atoms with Crippen LogP contribution in [0.1, 0.15) is 17.2 Å². The molecule has 1 amide bonds. The van der Waals surface area contributed by atoms with E-state index in [-0.39, 0.29) is 28.3 Å². The fourth-order valence-corrected chi connectivity index (χ4v) is 3.91. The molecule has 1 unspecified atom stereocenters. The van der Waals surface area contributed by atoms with Crippen molar-refractivity contribution in [1.82, 2.24) is 0 Å². The maximum absolute atomic E-state index is 14.0. The third kappa shape index (κ3) is 4.67. The predicted octanol–water partition coefficient (Wildman–Crippen LogP) is 5.06. The summed E-state index contributed by atoms with van der Waals surface area (Å²) in [5, 5.41) is 20.8. The second-order valence-corrected chi connectivity index (χ2v) is 7.65. The van der Waals surface area contributed by atoms with Gasteiger partial charge in [-0.2, -0.15) is 0 Å². The summed E-state index contributed by atoms with van der Waals surface area (Å²) in [7, 11) is 1.26. The molecule has 0 spiro atoms. The van der Waals surface area contributed by atoms with Gasteiger partial charge in [0.1, 0.15) is 28.8 Å². The van der Waals surface area contributed by atoms with Crippen LogP contribution in [0.25, 0.3) is 5.76 Å². The zero-order valence-corrected chi connectivity index (χ0v) is 18.4. The number of hydrogen-bond acceptors (Lipinski definition) is 6. The summed E-state index contributed by atoms with van der Waals surface area (Å²) in [6.07, 6.45) is -5.00. The molecule has 186 valence electrons. The Morgan fingerprint density at radius 3 is 2.33 bits per heavy atom. The molecule has 7 nitrogen and oxygen atoms in total. The maximum Gasteiger partial charge on any atom is 0.573 e. The number of nitrogens with zero attached hydrogens (tertiary/aromatic N) is 1. The standard InChI is InChI=1S/C25H17F4NO6/c1-35-19-10-7-14(26)11-18(19)22(32)20-21(13-5-8-16(31)9-6-13)30(24(34)23(20)33)15-3-2-4-17(12-15)36-25(27,28)29/h2-12,21,31-32H,1H3/b22-20+. The molecular formula is C25H17F4NO6. The van der Waals surface area contributed by atoms with Crippen molar-refractivity contribution in [2.45, 2.75) is 12.4 Å². The second-order valence-electron chi connectivity index (χ2n) is 7.65. The third-order valence-electron chi connectivity index (χ3n) is 5.40. The predicted molar refractivity (Wildman–Crippen MR) is 119 cm³/mol. The van der Waals surface area contributed by atoms with E-state index in [2.05, 4.69) is 4.74 Å². The van der Waals surface area contributed by atoms with Crippen LogP contribution in [0.3, 0.4) is 0 Å². The first-order chi connectivity index (χ1) is 17.0. The molecule has 3 aromatic carbocycles. The van der Waals surface area contributed by atoms with Gasteiger partial charge in [0.05, 0.1) is 24.3 Å². The van der Waals surface area contributed by atoms with E-state index >= 15 is 0 Å². The van der Waals surface area contributed by atoms with Crippen LogP contribution in [0, 0.1) is 5.82 Å². The van der Waals surface area contributed by atoms with Gasteiger partial charge in [-0.25, -0.2) is 4.39 Å². The molecule has 1 saturated heterocycles. The summed E-state index contributed by atoms with van der Waals surface area (Å²) >= 11 is 0. The van der Waals surface area contributed by atoms with Crippen LogP contribution in [-0.2, 0) is 9.59 Å². The van der Waals surface area contributed by atoms with Crippen molar-refractivity contribution in [1.29, 1.82) is 0 Å². The van der Waals surface area contributed by atoms with E-state index in [4.69, 9.17) is 4.74 Å². The number of alkyl halides is 3. The summed E-state index contributed by atoms with van der Waals surface area (Å²) in [4.78, 5) is 27.2. The number of phenols is 1. The van der Waals surface area contributed by atoms with Crippen LogP contribution in [0.5, 0.6) is 17.2 Å². The highest BCUT2D eigenvalue weighted by molar-refractivity contribution is 6.51. The largest absolute Gasteiger partial charge is 0.573 e. The molecule has 1 aliphatic heterocycles. The average molecular weight is 503 g/mol. The fraction of sp³-hybridized carbons (Fsp3) is 0.120. The van der Waals surface area contributed by atoms with Crippen molar-refractivity contribution in [3.8, 4) is 17.2 Å². The van der Waals surface area contributed by atoms with Crippen LogP contribution in [0.4, 0.5) is 23.2 Å². The molecule has 0 saturated carbocycles. The van der Waals surface area contributed by atoms with Crippen molar-refractivity contribution < 1.29 is 46.8 Å². The summed E-state index contributed by atoms with van der Waals surface area (Å²) in [5.74, 6) is -4.61. The Balaban J connectivity index is 1.94. The van der Waals surface area contributed by atoms with E-state index in [1.165, 1.54) is 49.6 Å². The summed E-state index contributed by atoms with van der Waals surface area (Å²) in [6, 6.07) is 11.5. The molecule has 0 bridgehead atoms. The lowest BCUT2D eigenvalue weighted by atomic mass is 9.94. The molecule has 2 N–H and O–H groups in total. The van der Waals surface area contributed by atoms with Gasteiger partial charge in [0.25, 0.3) is 11.7 Å². The lowest BCUT2D eigenvalue weighted by Crippen LogP contribution is -2.29. The van der Waals surface area contributed by atoms with Gasteiger partial charge in [0, 0.05) is 11.8 Å². The average Bonchev–Trinajstić information content (AvgIpc) is 3.08. The zero-order valence-electron chi connectivity index (χ0n) is 18.4. The first kappa shape index (κ1) is 24.6. The van der Waals surface area contributed by atoms with Crippen LogP contribution >= 0.6 is 0 Å². The zero-order chi connectivity index (χ0) is 26.2. The number of hydrogen-bond donors (Lipinski definition) is 2. The number of halogens is 4. The Labute approximate surface area is 201 Å². The van der Waals surface area contributed by atoms with Gasteiger partial charge in [-0.1, -0.05) is 18.2 Å². The molecule has 1 atom stereocenters. The quantitative estimate of drug-likeness (QED) is 0.219. The van der Waals surface area contributed by atoms with Crippen molar-refractivity contribution in [3.63, 3.8) is 0 Å². The molecule has 3 aromatic rings. The first-order valence-electron chi connectivity index (χ1n) is 10.3. The number of aromatic hydroxyl groups is 1. The van der Waals surface area contributed by atoms with Gasteiger partial charge in [0.2, 0.25) is 0 Å². The van der Waals surface area contributed by atoms with Crippen LogP contribution in [0.15, 0.2) is 72.3 Å². The van der Waals surface area contributed by atoms with E-state index in [1.807, 2.05) is 0 Å². The maximum atomic E-state index is 14.0. The number of carbonyl (C=O) groups is 2. The normalized spacial score (nSPS) is 17.4. The lowest BCUT2D eigenvalue weighted by Gasteiger charge is -2.26. The van der Waals surface area contributed by atoms with Gasteiger partial charge in [0.15, 0.2) is 0 Å². The van der Waals surface area contributed by atoms with Crippen molar-refractivity contribution in [3.05, 3.63) is 89.2 Å². The Kier molecular flexibility index (Phi) is 6.32. The summed E-state index contributed by atoms with van der Waals surface area (Å²) in [6.45, 7) is 0. The van der Waals surface area contributed by atoms with Gasteiger partial charge < -0.3 is 19.7 Å². The number of carbonyl (C=O) groups excluding carboxylic acids is 2. The Hall–Kier alpha value is -4.54. The molecular weight excluding hydrogens is 486 g/mol. The number of Topliss-reactive ketones (excluding diaryl/α,β-unsaturated/α-hetero) is 1. The van der Waals surface area contributed by atoms with Gasteiger partial charge >= 0.3 is 6.36 Å². The number of rotatable bonds is 5. The van der Waals surface area contributed by atoms with Crippen LogP contribution < -0.4 is 14.4 Å². The molecule has 11 heteroatoms. The molecule has 0 aliphatic carbocycles. The fourth-order valence-electron chi connectivity index (χ4n) is 3.91. The molecule has 0 aromatic heterocycles. The molecule has 36 heavy (non-hydrogen) atoms. The number of ketones is 1. The third-order valence-corrected chi connectivity index (χ3v) is 5.40. The smallest absolute Gasteiger partial charge is 0.508 e. The van der Waals surface area contributed by atoms with E-state index in [1.54, 1.807) is 0 Å². The Morgan fingerprint density at radius 1 is 1.00 bits per heavy atom. The topological polar surface area (TPSA) is 96.3 Å². The van der Waals surface area contributed by atoms with Crippen molar-refractivity contribution in [2.24, 2.45) is 0 Å². The van der Waals surface area contributed by atoms with E-state index in [0.717, 1.165) is 29.2 Å². The van der Waals surface area contributed by atoms with E-state index < -0.39 is 47.0 Å². The Morgan fingerprint density at radius 2 is 1.69 bits per heavy atom. The number of amides is 1. The number of phenolic OH excluding ortho intramolecular Hbond substituents is 1. The SMILES string of the molecule is COc1ccc(F)cc1/C(O)=C1\C(=O)C(=O)N(c2cccc(OC(F)(F)F)c2)C1c1ccc(O)cc1. The van der Waals surface area contributed by atoms with E-state index in [9.17, 15) is 37.4 Å². The molecule has 4 rings (SSSR count). The van der Waals surface area contributed by atoms with Crippen LogP contribution in [0.2, 0.25) is 0 Å². The highest BCUT2D eigenvalue weighted by atomic mass is 19.4.